The minimum absolute atomic E-state index is 0.134. The van der Waals surface area contributed by atoms with Crippen LogP contribution in [0.5, 0.6) is 11.5 Å². The van der Waals surface area contributed by atoms with Gasteiger partial charge in [0.05, 0.1) is 0 Å². The van der Waals surface area contributed by atoms with Gasteiger partial charge in [-0.15, -0.1) is 0 Å². The van der Waals surface area contributed by atoms with Gasteiger partial charge in [-0.3, -0.25) is 0 Å². The van der Waals surface area contributed by atoms with Gasteiger partial charge in [0.2, 0.25) is 0 Å². The van der Waals surface area contributed by atoms with Crippen molar-refractivity contribution in [1.29, 1.82) is 0 Å². The van der Waals surface area contributed by atoms with E-state index in [1.54, 1.807) is 24.3 Å². The van der Waals surface area contributed by atoms with Gasteiger partial charge in [0.25, 0.3) is 0 Å². The maximum absolute atomic E-state index is 10.4. The second-order valence-corrected chi connectivity index (χ2v) is 6.84. The van der Waals surface area contributed by atoms with Crippen LogP contribution in [0.3, 0.4) is 0 Å². The highest BCUT2D eigenvalue weighted by Gasteiger charge is 2.20. The molecule has 0 aliphatic carbocycles. The molecular formula is C22H26NO4+. The van der Waals surface area contributed by atoms with Crippen molar-refractivity contribution < 1.29 is 25.4 Å². The highest BCUT2D eigenvalue weighted by atomic mass is 16.5. The van der Waals surface area contributed by atoms with Crippen molar-refractivity contribution in [3.05, 3.63) is 72.3 Å². The van der Waals surface area contributed by atoms with Gasteiger partial charge >= 0.3 is 0 Å². The molecule has 0 radical (unpaired) electrons. The number of ether oxygens (including phenoxy) is 1. The van der Waals surface area contributed by atoms with Gasteiger partial charge < -0.3 is 25.4 Å². The molecule has 5 heteroatoms. The first-order chi connectivity index (χ1) is 13.0. The monoisotopic (exact) mass is 368 g/mol. The molecule has 3 aromatic carbocycles. The fourth-order valence-corrected chi connectivity index (χ4v) is 2.99. The van der Waals surface area contributed by atoms with E-state index in [0.29, 0.717) is 6.54 Å². The number of phenolic OH excluding ortho intramolecular Hbond substituents is 1. The van der Waals surface area contributed by atoms with E-state index in [9.17, 15) is 15.3 Å². The van der Waals surface area contributed by atoms with Crippen molar-refractivity contribution in [3.8, 4) is 11.5 Å². The van der Waals surface area contributed by atoms with Crippen LogP contribution in [0.1, 0.15) is 18.6 Å². The Morgan fingerprint density at radius 2 is 1.63 bits per heavy atom. The number of fused-ring (bicyclic) bond motifs is 1. The molecule has 0 heterocycles. The fourth-order valence-electron chi connectivity index (χ4n) is 2.99. The molecule has 0 saturated carbocycles. The normalized spacial score (nSPS) is 14.6. The molecule has 0 aliphatic heterocycles. The van der Waals surface area contributed by atoms with Crippen LogP contribution in [0.4, 0.5) is 0 Å². The molecule has 0 unspecified atom stereocenters. The van der Waals surface area contributed by atoms with Gasteiger partial charge in [-0.05, 0) is 47.5 Å². The molecule has 0 bridgehead atoms. The number of quaternary nitrogens is 1. The smallest absolute Gasteiger partial charge is 0.137 e. The summed E-state index contributed by atoms with van der Waals surface area (Å²) >= 11 is 0. The van der Waals surface area contributed by atoms with Crippen LogP contribution in [-0.4, -0.2) is 40.6 Å². The highest BCUT2D eigenvalue weighted by Crippen LogP contribution is 2.21. The van der Waals surface area contributed by atoms with Crippen molar-refractivity contribution >= 4 is 10.8 Å². The lowest BCUT2D eigenvalue weighted by atomic mass is 10.0. The van der Waals surface area contributed by atoms with E-state index in [0.717, 1.165) is 22.1 Å². The highest BCUT2D eigenvalue weighted by molar-refractivity contribution is 5.83. The van der Waals surface area contributed by atoms with Crippen molar-refractivity contribution in [3.63, 3.8) is 0 Å². The molecule has 0 amide bonds. The largest absolute Gasteiger partial charge is 0.508 e. The summed E-state index contributed by atoms with van der Waals surface area (Å²) in [5.74, 6) is 0.897. The van der Waals surface area contributed by atoms with E-state index in [4.69, 9.17) is 4.74 Å². The third-order valence-electron chi connectivity index (χ3n) is 4.68. The van der Waals surface area contributed by atoms with Crippen molar-refractivity contribution in [2.75, 3.05) is 13.2 Å². The zero-order chi connectivity index (χ0) is 19.2. The lowest BCUT2D eigenvalue weighted by molar-refractivity contribution is -0.699. The second kappa shape index (κ2) is 8.86. The number of benzene rings is 3. The number of phenols is 1. The van der Waals surface area contributed by atoms with E-state index in [1.807, 2.05) is 54.7 Å². The first kappa shape index (κ1) is 19.2. The molecule has 5 N–H and O–H groups in total. The van der Waals surface area contributed by atoms with Gasteiger partial charge in [-0.2, -0.15) is 0 Å². The van der Waals surface area contributed by atoms with Crippen LogP contribution in [0.2, 0.25) is 0 Å². The Kier molecular flexibility index (Phi) is 6.29. The summed E-state index contributed by atoms with van der Waals surface area (Å²) in [5, 5.41) is 34.0. The molecule has 0 aliphatic rings. The van der Waals surface area contributed by atoms with Crippen molar-refractivity contribution in [1.82, 2.24) is 0 Å². The molecule has 0 fully saturated rings. The Morgan fingerprint density at radius 3 is 2.37 bits per heavy atom. The Morgan fingerprint density at radius 1 is 0.926 bits per heavy atom. The quantitative estimate of drug-likeness (QED) is 0.490. The van der Waals surface area contributed by atoms with Gasteiger partial charge in [-0.1, -0.05) is 42.5 Å². The standard InChI is InChI=1S/C22H25NO4/c1-15(22(26)17-6-9-19(24)10-7-17)23-13-20(25)14-27-21-11-8-16-4-2-3-5-18(16)12-21/h2-12,15,20,22-26H,13-14H2,1H3/p+1/t15-,20-,22+/m0/s1. The molecule has 142 valence electrons. The second-order valence-electron chi connectivity index (χ2n) is 6.84. The molecule has 0 aromatic heterocycles. The molecule has 3 aromatic rings. The minimum atomic E-state index is -0.681. The minimum Gasteiger partial charge on any atom is -0.508 e. The predicted molar refractivity (Wildman–Crippen MR) is 105 cm³/mol. The van der Waals surface area contributed by atoms with E-state index in [-0.39, 0.29) is 18.4 Å². The van der Waals surface area contributed by atoms with E-state index >= 15 is 0 Å². The summed E-state index contributed by atoms with van der Waals surface area (Å²) in [4.78, 5) is 0. The molecular weight excluding hydrogens is 342 g/mol. The average molecular weight is 368 g/mol. The number of rotatable bonds is 8. The van der Waals surface area contributed by atoms with E-state index in [2.05, 4.69) is 0 Å². The first-order valence-corrected chi connectivity index (χ1v) is 9.13. The Bertz CT molecular complexity index is 866. The van der Waals surface area contributed by atoms with Crippen LogP contribution in [0.15, 0.2) is 66.7 Å². The molecule has 3 atom stereocenters. The summed E-state index contributed by atoms with van der Waals surface area (Å²) in [5.41, 5.74) is 0.735. The number of nitrogens with two attached hydrogens (primary N) is 1. The SMILES string of the molecule is C[C@H]([NH2+]C[C@H](O)COc1ccc2ccccc2c1)[C@@H](O)c1ccc(O)cc1. The summed E-state index contributed by atoms with van der Waals surface area (Å²) < 4.78 is 5.71. The van der Waals surface area contributed by atoms with Crippen molar-refractivity contribution in [2.45, 2.75) is 25.2 Å². The molecule has 0 spiro atoms. The predicted octanol–water partition coefficient (Wildman–Crippen LogP) is 1.97. The number of hydrogen-bond donors (Lipinski definition) is 4. The van der Waals surface area contributed by atoms with Crippen LogP contribution in [0, 0.1) is 0 Å². The summed E-state index contributed by atoms with van der Waals surface area (Å²) in [6.07, 6.45) is -1.33. The van der Waals surface area contributed by atoms with Crippen LogP contribution in [0.25, 0.3) is 10.8 Å². The van der Waals surface area contributed by atoms with E-state index in [1.165, 1.54) is 0 Å². The van der Waals surface area contributed by atoms with Gasteiger partial charge in [0, 0.05) is 0 Å². The topological polar surface area (TPSA) is 86.5 Å². The lowest BCUT2D eigenvalue weighted by Gasteiger charge is -2.19. The van der Waals surface area contributed by atoms with Crippen LogP contribution >= 0.6 is 0 Å². The third kappa shape index (κ3) is 5.20. The van der Waals surface area contributed by atoms with Gasteiger partial charge in [0.15, 0.2) is 0 Å². The number of aliphatic hydroxyl groups is 2. The lowest BCUT2D eigenvalue weighted by Crippen LogP contribution is -2.92. The molecule has 27 heavy (non-hydrogen) atoms. The zero-order valence-electron chi connectivity index (χ0n) is 15.3. The van der Waals surface area contributed by atoms with Gasteiger partial charge in [0.1, 0.15) is 42.9 Å². The van der Waals surface area contributed by atoms with Crippen molar-refractivity contribution in [2.24, 2.45) is 0 Å². The average Bonchev–Trinajstić information content (AvgIpc) is 2.70. The van der Waals surface area contributed by atoms with E-state index < -0.39 is 12.2 Å². The van der Waals surface area contributed by atoms with Crippen LogP contribution in [-0.2, 0) is 0 Å². The first-order valence-electron chi connectivity index (χ1n) is 9.13. The number of aliphatic hydroxyl groups excluding tert-OH is 2. The van der Waals surface area contributed by atoms with Gasteiger partial charge in [-0.25, -0.2) is 0 Å². The zero-order valence-corrected chi connectivity index (χ0v) is 15.3. The van der Waals surface area contributed by atoms with Crippen LogP contribution < -0.4 is 10.1 Å². The fraction of sp³-hybridized carbons (Fsp3) is 0.273. The third-order valence-corrected chi connectivity index (χ3v) is 4.68. The Hall–Kier alpha value is -2.60. The molecule has 0 saturated heterocycles. The Labute approximate surface area is 158 Å². The maximum atomic E-state index is 10.4. The summed E-state index contributed by atoms with van der Waals surface area (Å²) in [7, 11) is 0. The molecule has 3 rings (SSSR count). The number of hydrogen-bond acceptors (Lipinski definition) is 4. The number of aromatic hydroxyl groups is 1. The summed E-state index contributed by atoms with van der Waals surface area (Å²) in [6.45, 7) is 2.51. The Balaban J connectivity index is 1.47. The summed E-state index contributed by atoms with van der Waals surface area (Å²) in [6, 6.07) is 20.3. The maximum Gasteiger partial charge on any atom is 0.137 e. The molecule has 5 nitrogen and oxygen atoms in total.